The SMILES string of the molecule is CSNC1CCN(C(=O)C2(F)CCC2)CC1C. The van der Waals surface area contributed by atoms with E-state index in [0.29, 0.717) is 37.9 Å². The number of carbonyl (C=O) groups excluding carboxylic acids is 1. The number of alkyl halides is 1. The first-order valence-electron chi connectivity index (χ1n) is 6.33. The first-order chi connectivity index (χ1) is 8.07. The van der Waals surface area contributed by atoms with Gasteiger partial charge in [0.05, 0.1) is 0 Å². The molecule has 1 heterocycles. The Labute approximate surface area is 107 Å². The molecule has 1 saturated heterocycles. The highest BCUT2D eigenvalue weighted by Crippen LogP contribution is 2.38. The maximum atomic E-state index is 14.0. The normalized spacial score (nSPS) is 32.1. The molecule has 0 aromatic rings. The highest BCUT2D eigenvalue weighted by atomic mass is 32.2. The van der Waals surface area contributed by atoms with Crippen LogP contribution in [0.4, 0.5) is 4.39 Å². The van der Waals surface area contributed by atoms with Crippen LogP contribution in [-0.4, -0.2) is 41.9 Å². The molecule has 17 heavy (non-hydrogen) atoms. The molecule has 2 unspecified atom stereocenters. The number of halogens is 1. The zero-order valence-corrected chi connectivity index (χ0v) is 11.4. The van der Waals surface area contributed by atoms with Crippen molar-refractivity contribution in [1.82, 2.24) is 9.62 Å². The van der Waals surface area contributed by atoms with Crippen LogP contribution in [0.15, 0.2) is 0 Å². The molecule has 1 N–H and O–H groups in total. The molecule has 0 aromatic carbocycles. The second-order valence-electron chi connectivity index (χ2n) is 5.26. The molecule has 2 rings (SSSR count). The third-order valence-electron chi connectivity index (χ3n) is 3.99. The van der Waals surface area contributed by atoms with Crippen molar-refractivity contribution in [3.05, 3.63) is 0 Å². The van der Waals surface area contributed by atoms with Gasteiger partial charge in [-0.2, -0.15) is 0 Å². The molecule has 0 spiro atoms. The first kappa shape index (κ1) is 13.1. The van der Waals surface area contributed by atoms with Crippen molar-refractivity contribution in [2.24, 2.45) is 5.92 Å². The largest absolute Gasteiger partial charge is 0.340 e. The van der Waals surface area contributed by atoms with Gasteiger partial charge in [-0.05, 0) is 37.9 Å². The number of hydrogen-bond donors (Lipinski definition) is 1. The van der Waals surface area contributed by atoms with Crippen molar-refractivity contribution in [3.8, 4) is 0 Å². The number of piperidine rings is 1. The van der Waals surface area contributed by atoms with E-state index in [0.717, 1.165) is 12.8 Å². The van der Waals surface area contributed by atoms with Gasteiger partial charge in [-0.3, -0.25) is 9.52 Å². The van der Waals surface area contributed by atoms with E-state index in [1.54, 1.807) is 16.8 Å². The molecular formula is C12H21FN2OS. The van der Waals surface area contributed by atoms with Gasteiger partial charge < -0.3 is 4.90 Å². The van der Waals surface area contributed by atoms with Crippen molar-refractivity contribution < 1.29 is 9.18 Å². The number of carbonyl (C=O) groups is 1. The van der Waals surface area contributed by atoms with E-state index >= 15 is 0 Å². The van der Waals surface area contributed by atoms with Gasteiger partial charge in [0.25, 0.3) is 5.91 Å². The average molecular weight is 260 g/mol. The molecular weight excluding hydrogens is 239 g/mol. The maximum Gasteiger partial charge on any atom is 0.260 e. The Morgan fingerprint density at radius 1 is 1.53 bits per heavy atom. The summed E-state index contributed by atoms with van der Waals surface area (Å²) in [4.78, 5) is 13.8. The summed E-state index contributed by atoms with van der Waals surface area (Å²) < 4.78 is 17.4. The van der Waals surface area contributed by atoms with E-state index < -0.39 is 5.67 Å². The van der Waals surface area contributed by atoms with Crippen LogP contribution in [0.5, 0.6) is 0 Å². The average Bonchev–Trinajstić information content (AvgIpc) is 2.28. The van der Waals surface area contributed by atoms with Gasteiger partial charge in [-0.1, -0.05) is 18.9 Å². The molecule has 98 valence electrons. The van der Waals surface area contributed by atoms with Crippen LogP contribution in [0.3, 0.4) is 0 Å². The van der Waals surface area contributed by atoms with Gasteiger partial charge in [0, 0.05) is 19.1 Å². The Hall–Kier alpha value is -0.290. The quantitative estimate of drug-likeness (QED) is 0.788. The second-order valence-corrected chi connectivity index (χ2v) is 5.91. The van der Waals surface area contributed by atoms with Gasteiger partial charge in [0.2, 0.25) is 0 Å². The van der Waals surface area contributed by atoms with E-state index in [2.05, 4.69) is 11.6 Å². The van der Waals surface area contributed by atoms with Crippen LogP contribution in [0.1, 0.15) is 32.6 Å². The summed E-state index contributed by atoms with van der Waals surface area (Å²) in [5.74, 6) is 0.127. The number of amides is 1. The smallest absolute Gasteiger partial charge is 0.260 e. The lowest BCUT2D eigenvalue weighted by molar-refractivity contribution is -0.152. The molecule has 2 aliphatic rings. The summed E-state index contributed by atoms with van der Waals surface area (Å²) in [7, 11) is 0. The molecule has 0 radical (unpaired) electrons. The number of hydrogen-bond acceptors (Lipinski definition) is 3. The van der Waals surface area contributed by atoms with Crippen molar-refractivity contribution in [2.75, 3.05) is 19.3 Å². The Morgan fingerprint density at radius 3 is 2.71 bits per heavy atom. The van der Waals surface area contributed by atoms with Gasteiger partial charge in [0.1, 0.15) is 0 Å². The summed E-state index contributed by atoms with van der Waals surface area (Å²) >= 11 is 1.62. The molecule has 0 bridgehead atoms. The zero-order valence-electron chi connectivity index (χ0n) is 10.5. The van der Waals surface area contributed by atoms with Crippen LogP contribution >= 0.6 is 11.9 Å². The number of likely N-dealkylation sites (tertiary alicyclic amines) is 1. The van der Waals surface area contributed by atoms with Crippen molar-refractivity contribution >= 4 is 17.9 Å². The van der Waals surface area contributed by atoms with Crippen molar-refractivity contribution in [2.45, 2.75) is 44.3 Å². The molecule has 2 fully saturated rings. The van der Waals surface area contributed by atoms with Crippen LogP contribution in [0, 0.1) is 5.92 Å². The predicted molar refractivity (Wildman–Crippen MR) is 68.5 cm³/mol. The predicted octanol–water partition coefficient (Wildman–Crippen LogP) is 1.98. The van der Waals surface area contributed by atoms with E-state index in [9.17, 15) is 9.18 Å². The summed E-state index contributed by atoms with van der Waals surface area (Å²) in [6.07, 6.45) is 4.62. The summed E-state index contributed by atoms with van der Waals surface area (Å²) in [5.41, 5.74) is -1.53. The first-order valence-corrected chi connectivity index (χ1v) is 7.56. The van der Waals surface area contributed by atoms with Gasteiger partial charge in [-0.15, -0.1) is 0 Å². The van der Waals surface area contributed by atoms with Gasteiger partial charge in [0.15, 0.2) is 5.67 Å². The topological polar surface area (TPSA) is 32.3 Å². The third-order valence-corrected chi connectivity index (χ3v) is 4.53. The van der Waals surface area contributed by atoms with Crippen molar-refractivity contribution in [3.63, 3.8) is 0 Å². The van der Waals surface area contributed by atoms with Gasteiger partial charge in [-0.25, -0.2) is 4.39 Å². The lowest BCUT2D eigenvalue weighted by atomic mass is 9.80. The minimum atomic E-state index is -1.53. The molecule has 2 atom stereocenters. The molecule has 3 nitrogen and oxygen atoms in total. The fourth-order valence-corrected chi connectivity index (χ4v) is 3.29. The van der Waals surface area contributed by atoms with Crippen LogP contribution < -0.4 is 4.72 Å². The Bertz CT molecular complexity index is 296. The van der Waals surface area contributed by atoms with E-state index in [1.165, 1.54) is 0 Å². The number of nitrogens with one attached hydrogen (secondary N) is 1. The Kier molecular flexibility index (Phi) is 3.98. The Morgan fingerprint density at radius 2 is 2.24 bits per heavy atom. The van der Waals surface area contributed by atoms with E-state index in [1.807, 2.05) is 6.26 Å². The molecule has 1 amide bonds. The second kappa shape index (κ2) is 5.14. The van der Waals surface area contributed by atoms with E-state index in [-0.39, 0.29) is 5.91 Å². The van der Waals surface area contributed by atoms with Crippen molar-refractivity contribution in [1.29, 1.82) is 0 Å². The highest BCUT2D eigenvalue weighted by Gasteiger charge is 2.47. The van der Waals surface area contributed by atoms with Crippen LogP contribution in [0.2, 0.25) is 0 Å². The van der Waals surface area contributed by atoms with Crippen LogP contribution in [-0.2, 0) is 4.79 Å². The fourth-order valence-electron chi connectivity index (χ4n) is 2.64. The zero-order chi connectivity index (χ0) is 12.5. The highest BCUT2D eigenvalue weighted by molar-refractivity contribution is 7.96. The fraction of sp³-hybridized carbons (Fsp3) is 0.917. The third kappa shape index (κ3) is 2.60. The Balaban J connectivity index is 1.90. The lowest BCUT2D eigenvalue weighted by Gasteiger charge is -2.42. The summed E-state index contributed by atoms with van der Waals surface area (Å²) in [5, 5.41) is 0. The maximum absolute atomic E-state index is 14.0. The monoisotopic (exact) mass is 260 g/mol. The molecule has 1 aliphatic carbocycles. The standard InChI is InChI=1S/C12H21FN2OS/c1-9-8-15(7-4-10(9)14-17-2)11(16)12(13)5-3-6-12/h9-10,14H,3-8H2,1-2H3. The van der Waals surface area contributed by atoms with Crippen LogP contribution in [0.25, 0.3) is 0 Å². The number of rotatable bonds is 3. The van der Waals surface area contributed by atoms with Gasteiger partial charge >= 0.3 is 0 Å². The van der Waals surface area contributed by atoms with E-state index in [4.69, 9.17) is 0 Å². The molecule has 5 heteroatoms. The summed E-state index contributed by atoms with van der Waals surface area (Å²) in [6, 6.07) is 0.436. The number of nitrogens with zero attached hydrogens (tertiary/aromatic N) is 1. The summed E-state index contributed by atoms with van der Waals surface area (Å²) in [6.45, 7) is 3.49. The molecule has 1 saturated carbocycles. The molecule has 1 aliphatic heterocycles. The minimum absolute atomic E-state index is 0.266. The lowest BCUT2D eigenvalue weighted by Crippen LogP contribution is -2.56. The molecule has 0 aromatic heterocycles. The minimum Gasteiger partial charge on any atom is -0.340 e.